The minimum atomic E-state index is -0.433. The van der Waals surface area contributed by atoms with E-state index in [1.807, 2.05) is 26.0 Å². The average Bonchev–Trinajstić information content (AvgIpc) is 2.80. The molecule has 0 bridgehead atoms. The number of methoxy groups -OCH3 is 1. The molecule has 1 aliphatic carbocycles. The number of benzene rings is 1. The lowest BCUT2D eigenvalue weighted by Gasteiger charge is -2.27. The number of hydrogen-bond acceptors (Lipinski definition) is 3. The molecule has 0 spiro atoms. The number of ether oxygens (including phenoxy) is 1. The van der Waals surface area contributed by atoms with E-state index in [9.17, 15) is 9.59 Å². The van der Waals surface area contributed by atoms with Gasteiger partial charge in [-0.3, -0.25) is 9.59 Å². The van der Waals surface area contributed by atoms with Gasteiger partial charge in [-0.15, -0.1) is 6.58 Å². The Labute approximate surface area is 132 Å². The van der Waals surface area contributed by atoms with Gasteiger partial charge >= 0.3 is 0 Å². The third-order valence-corrected chi connectivity index (χ3v) is 5.03. The number of Topliss-reactive ketones (excluding diaryl/α,β-unsaturated/α-hetero) is 2. The normalized spacial score (nSPS) is 24.3. The fourth-order valence-electron chi connectivity index (χ4n) is 3.38. The van der Waals surface area contributed by atoms with Gasteiger partial charge in [-0.2, -0.15) is 0 Å². The third-order valence-electron chi connectivity index (χ3n) is 5.03. The quantitative estimate of drug-likeness (QED) is 0.586. The first-order valence-corrected chi connectivity index (χ1v) is 7.76. The van der Waals surface area contributed by atoms with E-state index in [2.05, 4.69) is 6.58 Å². The van der Waals surface area contributed by atoms with Gasteiger partial charge in [-0.1, -0.05) is 13.0 Å². The second kappa shape index (κ2) is 6.47. The Kier molecular flexibility index (Phi) is 4.84. The van der Waals surface area contributed by atoms with Crippen LogP contribution in [0.3, 0.4) is 0 Å². The van der Waals surface area contributed by atoms with Gasteiger partial charge in [0.15, 0.2) is 5.78 Å². The van der Waals surface area contributed by atoms with Crippen LogP contribution in [0.25, 0.3) is 0 Å². The monoisotopic (exact) mass is 300 g/mol. The number of allylic oxidation sites excluding steroid dienone is 1. The molecule has 0 heterocycles. The summed E-state index contributed by atoms with van der Waals surface area (Å²) >= 11 is 0. The minimum absolute atomic E-state index is 0.0869. The van der Waals surface area contributed by atoms with Gasteiger partial charge in [0, 0.05) is 23.8 Å². The van der Waals surface area contributed by atoms with Crippen molar-refractivity contribution < 1.29 is 14.3 Å². The number of aryl methyl sites for hydroxylation is 1. The highest BCUT2D eigenvalue weighted by Crippen LogP contribution is 2.44. The lowest BCUT2D eigenvalue weighted by molar-refractivity contribution is -0.126. The first kappa shape index (κ1) is 16.5. The summed E-state index contributed by atoms with van der Waals surface area (Å²) in [6, 6.07) is 5.47. The Balaban J connectivity index is 2.09. The molecule has 0 aromatic heterocycles. The molecule has 0 amide bonds. The largest absolute Gasteiger partial charge is 0.497 e. The van der Waals surface area contributed by atoms with Crippen LogP contribution >= 0.6 is 0 Å². The first-order valence-electron chi connectivity index (χ1n) is 7.76. The molecule has 1 fully saturated rings. The van der Waals surface area contributed by atoms with Crippen LogP contribution in [-0.2, 0) is 4.79 Å². The Hall–Kier alpha value is -1.90. The molecule has 0 aliphatic heterocycles. The second-order valence-electron chi connectivity index (χ2n) is 6.33. The molecule has 22 heavy (non-hydrogen) atoms. The zero-order valence-electron chi connectivity index (χ0n) is 13.6. The van der Waals surface area contributed by atoms with E-state index in [1.54, 1.807) is 19.2 Å². The van der Waals surface area contributed by atoms with Crippen molar-refractivity contribution in [1.82, 2.24) is 0 Å². The SMILES string of the molecule is C=C[C@@H]1CCC(=O)[C@@]1(C)CCC(=O)c1ccc(OC)cc1C. The molecule has 2 atom stereocenters. The smallest absolute Gasteiger partial charge is 0.163 e. The van der Waals surface area contributed by atoms with Crippen molar-refractivity contribution in [1.29, 1.82) is 0 Å². The summed E-state index contributed by atoms with van der Waals surface area (Å²) < 4.78 is 5.16. The Morgan fingerprint density at radius 2 is 2.23 bits per heavy atom. The standard InChI is InChI=1S/C19H24O3/c1-5-14-6-9-18(21)19(14,3)11-10-17(20)16-8-7-15(22-4)12-13(16)2/h5,7-8,12,14H,1,6,9-11H2,2-4H3/t14-,19+/m1/s1. The van der Waals surface area contributed by atoms with Crippen LogP contribution in [0.2, 0.25) is 0 Å². The van der Waals surface area contributed by atoms with Gasteiger partial charge < -0.3 is 4.74 Å². The maximum absolute atomic E-state index is 12.5. The van der Waals surface area contributed by atoms with Crippen LogP contribution in [0, 0.1) is 18.3 Å². The van der Waals surface area contributed by atoms with Crippen molar-refractivity contribution >= 4 is 11.6 Å². The molecule has 1 saturated carbocycles. The Morgan fingerprint density at radius 1 is 1.50 bits per heavy atom. The molecule has 0 unspecified atom stereocenters. The molecular weight excluding hydrogens is 276 g/mol. The topological polar surface area (TPSA) is 43.4 Å². The van der Waals surface area contributed by atoms with Crippen LogP contribution in [0.4, 0.5) is 0 Å². The van der Waals surface area contributed by atoms with Gasteiger partial charge in [-0.05, 0) is 49.4 Å². The third kappa shape index (κ3) is 2.99. The predicted octanol–water partition coefficient (Wildman–Crippen LogP) is 4.14. The summed E-state index contributed by atoms with van der Waals surface area (Å²) in [5.74, 6) is 1.28. The molecule has 3 heteroatoms. The summed E-state index contributed by atoms with van der Waals surface area (Å²) in [5.41, 5.74) is 1.19. The summed E-state index contributed by atoms with van der Waals surface area (Å²) in [6.07, 6.45) is 4.30. The predicted molar refractivity (Wildman–Crippen MR) is 87.3 cm³/mol. The fraction of sp³-hybridized carbons (Fsp3) is 0.474. The van der Waals surface area contributed by atoms with Crippen molar-refractivity contribution in [3.63, 3.8) is 0 Å². The molecule has 1 aromatic rings. The molecule has 2 rings (SSSR count). The maximum Gasteiger partial charge on any atom is 0.163 e. The molecule has 118 valence electrons. The first-order chi connectivity index (χ1) is 10.4. The molecule has 3 nitrogen and oxygen atoms in total. The van der Waals surface area contributed by atoms with E-state index < -0.39 is 5.41 Å². The highest BCUT2D eigenvalue weighted by molar-refractivity contribution is 5.98. The molecular formula is C19H24O3. The van der Waals surface area contributed by atoms with E-state index >= 15 is 0 Å². The number of carbonyl (C=O) groups is 2. The zero-order chi connectivity index (χ0) is 16.3. The molecule has 0 radical (unpaired) electrons. The minimum Gasteiger partial charge on any atom is -0.497 e. The van der Waals surface area contributed by atoms with E-state index in [1.165, 1.54) is 0 Å². The molecule has 1 aliphatic rings. The van der Waals surface area contributed by atoms with Crippen LogP contribution in [0.5, 0.6) is 5.75 Å². The molecule has 1 aromatic carbocycles. The van der Waals surface area contributed by atoms with E-state index in [-0.39, 0.29) is 17.5 Å². The lowest BCUT2D eigenvalue weighted by Crippen LogP contribution is -2.28. The fourth-order valence-corrected chi connectivity index (χ4v) is 3.38. The lowest BCUT2D eigenvalue weighted by atomic mass is 9.74. The summed E-state index contributed by atoms with van der Waals surface area (Å²) in [6.45, 7) is 7.72. The second-order valence-corrected chi connectivity index (χ2v) is 6.33. The van der Waals surface area contributed by atoms with Crippen LogP contribution in [0.1, 0.15) is 48.5 Å². The van der Waals surface area contributed by atoms with Crippen molar-refractivity contribution in [2.45, 2.75) is 39.5 Å². The highest BCUT2D eigenvalue weighted by Gasteiger charge is 2.44. The van der Waals surface area contributed by atoms with Gasteiger partial charge in [0.25, 0.3) is 0 Å². The van der Waals surface area contributed by atoms with Gasteiger partial charge in [-0.25, -0.2) is 0 Å². The van der Waals surface area contributed by atoms with E-state index in [0.717, 1.165) is 17.7 Å². The van der Waals surface area contributed by atoms with E-state index in [4.69, 9.17) is 4.74 Å². The van der Waals surface area contributed by atoms with Crippen LogP contribution in [-0.4, -0.2) is 18.7 Å². The Bertz CT molecular complexity index is 603. The van der Waals surface area contributed by atoms with Crippen molar-refractivity contribution in [2.75, 3.05) is 7.11 Å². The van der Waals surface area contributed by atoms with Gasteiger partial charge in [0.2, 0.25) is 0 Å². The zero-order valence-corrected chi connectivity index (χ0v) is 13.6. The van der Waals surface area contributed by atoms with Gasteiger partial charge in [0.05, 0.1) is 7.11 Å². The summed E-state index contributed by atoms with van der Waals surface area (Å²) in [4.78, 5) is 24.7. The maximum atomic E-state index is 12.5. The number of rotatable bonds is 6. The summed E-state index contributed by atoms with van der Waals surface area (Å²) in [7, 11) is 1.61. The Morgan fingerprint density at radius 3 is 2.82 bits per heavy atom. The molecule has 0 saturated heterocycles. The van der Waals surface area contributed by atoms with E-state index in [0.29, 0.717) is 24.8 Å². The molecule has 0 N–H and O–H groups in total. The van der Waals surface area contributed by atoms with Crippen molar-refractivity contribution in [3.8, 4) is 5.75 Å². The average molecular weight is 300 g/mol. The van der Waals surface area contributed by atoms with Crippen LogP contribution in [0.15, 0.2) is 30.9 Å². The van der Waals surface area contributed by atoms with Crippen molar-refractivity contribution in [3.05, 3.63) is 42.0 Å². The van der Waals surface area contributed by atoms with Gasteiger partial charge in [0.1, 0.15) is 11.5 Å². The number of hydrogen-bond donors (Lipinski definition) is 0. The van der Waals surface area contributed by atoms with Crippen molar-refractivity contribution in [2.24, 2.45) is 11.3 Å². The summed E-state index contributed by atoms with van der Waals surface area (Å²) in [5, 5.41) is 0. The van der Waals surface area contributed by atoms with Crippen LogP contribution < -0.4 is 4.74 Å². The highest BCUT2D eigenvalue weighted by atomic mass is 16.5. The number of carbonyl (C=O) groups excluding carboxylic acids is 2. The number of ketones is 2.